The summed E-state index contributed by atoms with van der Waals surface area (Å²) in [7, 11) is 2.06. The first-order valence-electron chi connectivity index (χ1n) is 10.2. The van der Waals surface area contributed by atoms with Gasteiger partial charge in [0.15, 0.2) is 0 Å². The van der Waals surface area contributed by atoms with Crippen LogP contribution >= 0.6 is 11.3 Å². The van der Waals surface area contributed by atoms with Crippen molar-refractivity contribution in [2.75, 3.05) is 56.1 Å². The third kappa shape index (κ3) is 3.63. The van der Waals surface area contributed by atoms with Crippen molar-refractivity contribution >= 4 is 38.5 Å². The normalized spacial score (nSPS) is 17.5. The predicted molar refractivity (Wildman–Crippen MR) is 121 cm³/mol. The SMILES string of the molecule is CN1CC=C(CCN2CCN(c3nccc4sccc34)CC2)c2cc(F)ccc21. The second kappa shape index (κ2) is 7.76. The lowest BCUT2D eigenvalue weighted by atomic mass is 9.96. The van der Waals surface area contributed by atoms with Gasteiger partial charge in [0.1, 0.15) is 11.6 Å². The first kappa shape index (κ1) is 18.6. The summed E-state index contributed by atoms with van der Waals surface area (Å²) in [5.41, 5.74) is 3.44. The zero-order chi connectivity index (χ0) is 19.8. The highest BCUT2D eigenvalue weighted by molar-refractivity contribution is 7.17. The summed E-state index contributed by atoms with van der Waals surface area (Å²) in [4.78, 5) is 11.8. The van der Waals surface area contributed by atoms with Crippen LogP contribution in [0.4, 0.5) is 15.9 Å². The number of rotatable bonds is 4. The van der Waals surface area contributed by atoms with Crippen LogP contribution < -0.4 is 9.80 Å². The van der Waals surface area contributed by atoms with Crippen molar-refractivity contribution in [2.24, 2.45) is 0 Å². The molecule has 29 heavy (non-hydrogen) atoms. The Balaban J connectivity index is 1.22. The first-order valence-corrected chi connectivity index (χ1v) is 11.1. The van der Waals surface area contributed by atoms with Crippen LogP contribution in [0.1, 0.15) is 12.0 Å². The Morgan fingerprint density at radius 3 is 2.83 bits per heavy atom. The topological polar surface area (TPSA) is 22.6 Å². The highest BCUT2D eigenvalue weighted by atomic mass is 32.1. The molecule has 4 nitrogen and oxygen atoms in total. The van der Waals surface area contributed by atoms with E-state index in [2.05, 4.69) is 50.3 Å². The Bertz CT molecular complexity index is 1050. The van der Waals surface area contributed by atoms with Crippen LogP contribution in [0, 0.1) is 5.82 Å². The number of piperazine rings is 1. The van der Waals surface area contributed by atoms with E-state index < -0.39 is 0 Å². The molecule has 4 heterocycles. The maximum atomic E-state index is 13.8. The molecule has 0 saturated carbocycles. The number of fused-ring (bicyclic) bond motifs is 2. The van der Waals surface area contributed by atoms with E-state index in [-0.39, 0.29) is 5.82 Å². The van der Waals surface area contributed by atoms with Crippen molar-refractivity contribution in [3.8, 4) is 0 Å². The summed E-state index contributed by atoms with van der Waals surface area (Å²) in [6.07, 6.45) is 5.13. The number of likely N-dealkylation sites (N-methyl/N-ethyl adjacent to an activating group) is 1. The number of hydrogen-bond acceptors (Lipinski definition) is 5. The van der Waals surface area contributed by atoms with Gasteiger partial charge in [-0.3, -0.25) is 4.90 Å². The molecule has 150 valence electrons. The lowest BCUT2D eigenvalue weighted by Gasteiger charge is -2.36. The van der Waals surface area contributed by atoms with Crippen LogP contribution in [-0.4, -0.2) is 56.2 Å². The van der Waals surface area contributed by atoms with Crippen molar-refractivity contribution < 1.29 is 4.39 Å². The second-order valence-corrected chi connectivity index (χ2v) is 8.76. The van der Waals surface area contributed by atoms with Crippen LogP contribution in [0.3, 0.4) is 0 Å². The summed E-state index contributed by atoms with van der Waals surface area (Å²) >= 11 is 1.77. The maximum Gasteiger partial charge on any atom is 0.137 e. The second-order valence-electron chi connectivity index (χ2n) is 7.82. The Hall–Kier alpha value is -2.44. The van der Waals surface area contributed by atoms with Crippen LogP contribution in [0.25, 0.3) is 15.7 Å². The Kier molecular flexibility index (Phi) is 4.97. The highest BCUT2D eigenvalue weighted by Crippen LogP contribution is 2.33. The van der Waals surface area contributed by atoms with E-state index in [9.17, 15) is 4.39 Å². The highest BCUT2D eigenvalue weighted by Gasteiger charge is 2.22. The number of nitrogens with zero attached hydrogens (tertiary/aromatic N) is 4. The van der Waals surface area contributed by atoms with Gasteiger partial charge in [-0.25, -0.2) is 9.37 Å². The van der Waals surface area contributed by atoms with E-state index in [0.717, 1.165) is 62.8 Å². The van der Waals surface area contributed by atoms with Crippen LogP contribution in [-0.2, 0) is 0 Å². The Morgan fingerprint density at radius 2 is 1.97 bits per heavy atom. The van der Waals surface area contributed by atoms with Gasteiger partial charge in [0.05, 0.1) is 0 Å². The molecular weight excluding hydrogens is 383 g/mol. The number of pyridine rings is 1. The average molecular weight is 409 g/mol. The molecule has 1 fully saturated rings. The summed E-state index contributed by atoms with van der Waals surface area (Å²) in [5, 5.41) is 3.41. The van der Waals surface area contributed by atoms with Crippen molar-refractivity contribution in [1.82, 2.24) is 9.88 Å². The minimum Gasteiger partial charge on any atom is -0.370 e. The van der Waals surface area contributed by atoms with Crippen LogP contribution in [0.15, 0.2) is 48.0 Å². The quantitative estimate of drug-likeness (QED) is 0.635. The van der Waals surface area contributed by atoms with Crippen molar-refractivity contribution in [2.45, 2.75) is 6.42 Å². The monoisotopic (exact) mass is 408 g/mol. The molecule has 2 aliphatic heterocycles. The summed E-state index contributed by atoms with van der Waals surface area (Å²) in [6.45, 7) is 5.95. The standard InChI is InChI=1S/C23H25FN4S/c1-26-9-5-17(20-16-18(24)2-3-21(20)26)6-10-27-11-13-28(14-12-27)23-19-7-15-29-22(19)4-8-25-23/h2-5,7-8,15-16H,6,9-14H2,1H3. The number of benzene rings is 1. The van der Waals surface area contributed by atoms with E-state index in [1.54, 1.807) is 23.5 Å². The van der Waals surface area contributed by atoms with Gasteiger partial charge in [0, 0.05) is 73.9 Å². The zero-order valence-electron chi connectivity index (χ0n) is 16.6. The lowest BCUT2D eigenvalue weighted by molar-refractivity contribution is 0.263. The molecule has 5 rings (SSSR count). The van der Waals surface area contributed by atoms with Crippen LogP contribution in [0.5, 0.6) is 0 Å². The molecule has 0 atom stereocenters. The van der Waals surface area contributed by atoms with Crippen molar-refractivity contribution in [1.29, 1.82) is 0 Å². The van der Waals surface area contributed by atoms with Gasteiger partial charge < -0.3 is 9.80 Å². The van der Waals surface area contributed by atoms with Gasteiger partial charge in [0.25, 0.3) is 0 Å². The van der Waals surface area contributed by atoms with Crippen LogP contribution in [0.2, 0.25) is 0 Å². The van der Waals surface area contributed by atoms with Gasteiger partial charge in [0.2, 0.25) is 0 Å². The number of halogens is 1. The molecule has 2 aromatic heterocycles. The molecule has 0 amide bonds. The number of hydrogen-bond donors (Lipinski definition) is 0. The number of aromatic nitrogens is 1. The van der Waals surface area contributed by atoms with E-state index >= 15 is 0 Å². The summed E-state index contributed by atoms with van der Waals surface area (Å²) in [5.74, 6) is 0.958. The van der Waals surface area contributed by atoms with E-state index in [1.807, 2.05) is 12.3 Å². The fraction of sp³-hybridized carbons (Fsp3) is 0.348. The first-order chi connectivity index (χ1) is 14.2. The molecular formula is C23H25FN4S. The Labute approximate surface area is 174 Å². The number of anilines is 2. The third-order valence-electron chi connectivity index (χ3n) is 6.06. The maximum absolute atomic E-state index is 13.8. The molecule has 0 spiro atoms. The fourth-order valence-corrected chi connectivity index (χ4v) is 5.16. The molecule has 1 saturated heterocycles. The van der Waals surface area contributed by atoms with Gasteiger partial charge in [-0.15, -0.1) is 11.3 Å². The van der Waals surface area contributed by atoms with Gasteiger partial charge in [-0.2, -0.15) is 0 Å². The molecule has 1 aromatic carbocycles. The number of thiophene rings is 1. The average Bonchev–Trinajstić information content (AvgIpc) is 3.23. The van der Waals surface area contributed by atoms with Gasteiger partial charge in [-0.1, -0.05) is 6.08 Å². The lowest BCUT2D eigenvalue weighted by Crippen LogP contribution is -2.47. The molecule has 0 bridgehead atoms. The summed E-state index contributed by atoms with van der Waals surface area (Å²) < 4.78 is 15.1. The molecule has 0 N–H and O–H groups in total. The molecule has 2 aliphatic rings. The largest absolute Gasteiger partial charge is 0.370 e. The minimum absolute atomic E-state index is 0.159. The fourth-order valence-electron chi connectivity index (χ4n) is 4.38. The molecule has 0 unspecified atom stereocenters. The molecule has 0 aliphatic carbocycles. The van der Waals surface area contributed by atoms with Gasteiger partial charge in [-0.05, 0) is 47.7 Å². The molecule has 0 radical (unpaired) electrons. The predicted octanol–water partition coefficient (Wildman–Crippen LogP) is 4.48. The van der Waals surface area contributed by atoms with E-state index in [4.69, 9.17) is 0 Å². The summed E-state index contributed by atoms with van der Waals surface area (Å²) in [6, 6.07) is 9.41. The minimum atomic E-state index is -0.159. The molecule has 3 aromatic rings. The third-order valence-corrected chi connectivity index (χ3v) is 6.94. The zero-order valence-corrected chi connectivity index (χ0v) is 17.5. The van der Waals surface area contributed by atoms with Crippen molar-refractivity contribution in [3.05, 3.63) is 59.4 Å². The smallest absolute Gasteiger partial charge is 0.137 e. The van der Waals surface area contributed by atoms with Crippen molar-refractivity contribution in [3.63, 3.8) is 0 Å². The van der Waals surface area contributed by atoms with E-state index in [1.165, 1.54) is 15.7 Å². The van der Waals surface area contributed by atoms with E-state index in [0.29, 0.717) is 0 Å². The van der Waals surface area contributed by atoms with Gasteiger partial charge >= 0.3 is 0 Å². The molecule has 6 heteroatoms. The Morgan fingerprint density at radius 1 is 1.10 bits per heavy atom.